The molecule has 1 N–H and O–H groups in total. The van der Waals surface area contributed by atoms with Crippen LogP contribution in [0, 0.1) is 5.92 Å². The molecule has 0 bridgehead atoms. The summed E-state index contributed by atoms with van der Waals surface area (Å²) in [7, 11) is 1.66. The van der Waals surface area contributed by atoms with Crippen LogP contribution in [-0.4, -0.2) is 57.0 Å². The molecule has 1 atom stereocenters. The predicted octanol–water partition coefficient (Wildman–Crippen LogP) is 3.96. The molecular formula is C20H32Cl2N2O4. The zero-order chi connectivity index (χ0) is 19.6. The fraction of sp³-hybridized carbons (Fsp3) is 0.650. The van der Waals surface area contributed by atoms with E-state index in [4.69, 9.17) is 25.9 Å². The molecule has 1 aliphatic rings. The van der Waals surface area contributed by atoms with Crippen molar-refractivity contribution in [2.45, 2.75) is 39.2 Å². The summed E-state index contributed by atoms with van der Waals surface area (Å²) in [6.07, 6.45) is 2.69. The average molecular weight is 435 g/mol. The van der Waals surface area contributed by atoms with Gasteiger partial charge in [0.25, 0.3) is 5.91 Å². The number of carbonyl (C=O) groups excluding carboxylic acids is 1. The van der Waals surface area contributed by atoms with Crippen molar-refractivity contribution in [3.05, 3.63) is 28.8 Å². The van der Waals surface area contributed by atoms with Gasteiger partial charge in [0.2, 0.25) is 0 Å². The van der Waals surface area contributed by atoms with Crippen LogP contribution in [0.15, 0.2) is 18.2 Å². The Bertz CT molecular complexity index is 596. The van der Waals surface area contributed by atoms with E-state index >= 15 is 0 Å². The Hall–Kier alpha value is -1.05. The van der Waals surface area contributed by atoms with Gasteiger partial charge in [0.05, 0.1) is 29.8 Å². The Balaban J connectivity index is 0.00000392. The highest BCUT2D eigenvalue weighted by atomic mass is 35.5. The number of piperidine rings is 1. The van der Waals surface area contributed by atoms with Gasteiger partial charge in [0, 0.05) is 26.7 Å². The Morgan fingerprint density at radius 3 is 2.79 bits per heavy atom. The first-order valence-corrected chi connectivity index (χ1v) is 9.99. The van der Waals surface area contributed by atoms with Gasteiger partial charge in [-0.1, -0.05) is 25.4 Å². The van der Waals surface area contributed by atoms with Crippen LogP contribution in [0.2, 0.25) is 5.02 Å². The zero-order valence-corrected chi connectivity index (χ0v) is 18.5. The second-order valence-corrected chi connectivity index (χ2v) is 7.56. The lowest BCUT2D eigenvalue weighted by Gasteiger charge is -2.34. The minimum atomic E-state index is -0.225. The first kappa shape index (κ1) is 25.0. The number of nitrogens with zero attached hydrogens (tertiary/aromatic N) is 1. The normalized spacial score (nSPS) is 16.5. The number of amides is 1. The number of hydrogen-bond acceptors (Lipinski definition) is 5. The lowest BCUT2D eigenvalue weighted by Crippen LogP contribution is -2.49. The van der Waals surface area contributed by atoms with Gasteiger partial charge in [-0.15, -0.1) is 12.4 Å². The third kappa shape index (κ3) is 7.76. The first-order valence-electron chi connectivity index (χ1n) is 9.61. The van der Waals surface area contributed by atoms with Crippen LogP contribution < -0.4 is 10.1 Å². The quantitative estimate of drug-likeness (QED) is 0.445. The van der Waals surface area contributed by atoms with E-state index in [0.717, 1.165) is 25.8 Å². The van der Waals surface area contributed by atoms with Gasteiger partial charge in [-0.05, 0) is 43.5 Å². The molecule has 1 heterocycles. The molecule has 1 saturated heterocycles. The summed E-state index contributed by atoms with van der Waals surface area (Å²) in [6.45, 7) is 7.43. The van der Waals surface area contributed by atoms with Gasteiger partial charge in [-0.2, -0.15) is 0 Å². The maximum Gasteiger partial charge on any atom is 0.279 e. The molecule has 160 valence electrons. The van der Waals surface area contributed by atoms with E-state index in [1.165, 1.54) is 5.06 Å². The molecule has 1 aromatic rings. The molecule has 0 spiro atoms. The van der Waals surface area contributed by atoms with Crippen LogP contribution in [0.25, 0.3) is 0 Å². The number of carbonyl (C=O) groups is 1. The number of halogens is 2. The molecule has 8 heteroatoms. The lowest BCUT2D eigenvalue weighted by atomic mass is 10.1. The van der Waals surface area contributed by atoms with Crippen molar-refractivity contribution in [2.75, 3.05) is 40.0 Å². The smallest absolute Gasteiger partial charge is 0.279 e. The van der Waals surface area contributed by atoms with E-state index in [0.29, 0.717) is 48.6 Å². The Morgan fingerprint density at radius 2 is 2.14 bits per heavy atom. The molecule has 6 nitrogen and oxygen atoms in total. The van der Waals surface area contributed by atoms with Crippen molar-refractivity contribution in [3.8, 4) is 5.75 Å². The van der Waals surface area contributed by atoms with E-state index in [9.17, 15) is 4.79 Å². The molecule has 1 amide bonds. The highest BCUT2D eigenvalue weighted by Crippen LogP contribution is 2.26. The van der Waals surface area contributed by atoms with Crippen molar-refractivity contribution in [1.82, 2.24) is 10.4 Å². The van der Waals surface area contributed by atoms with Crippen molar-refractivity contribution in [1.29, 1.82) is 0 Å². The number of nitrogens with one attached hydrogen (secondary N) is 1. The van der Waals surface area contributed by atoms with Gasteiger partial charge in [0.1, 0.15) is 5.75 Å². The van der Waals surface area contributed by atoms with E-state index in [1.54, 1.807) is 25.3 Å². The molecule has 1 aliphatic heterocycles. The van der Waals surface area contributed by atoms with Crippen molar-refractivity contribution in [3.63, 3.8) is 0 Å². The fourth-order valence-corrected chi connectivity index (χ4v) is 3.06. The fourth-order valence-electron chi connectivity index (χ4n) is 2.86. The van der Waals surface area contributed by atoms with Crippen molar-refractivity contribution < 1.29 is 19.1 Å². The SMILES string of the molecule is COCCCOc1ccc(Cl)c(C(=O)N(OCC(C)C)[C@@H]2CCCNC2)c1.Cl. The molecule has 0 unspecified atom stereocenters. The maximum atomic E-state index is 13.2. The van der Waals surface area contributed by atoms with Gasteiger partial charge in [-0.3, -0.25) is 9.63 Å². The minimum absolute atomic E-state index is 0. The summed E-state index contributed by atoms with van der Waals surface area (Å²) in [5, 5.41) is 5.23. The van der Waals surface area contributed by atoms with Gasteiger partial charge in [0.15, 0.2) is 0 Å². The van der Waals surface area contributed by atoms with Crippen LogP contribution in [0.4, 0.5) is 0 Å². The standard InChI is InChI=1S/C20H31ClN2O4.ClH/c1-15(2)14-27-23(16-6-4-9-22-13-16)20(24)18-12-17(7-8-19(18)21)26-11-5-10-25-3;/h7-8,12,15-16,22H,4-6,9-11,13-14H2,1-3H3;1H/t16-;/m1./s1. The number of benzene rings is 1. The largest absolute Gasteiger partial charge is 0.493 e. The van der Waals surface area contributed by atoms with Crippen LogP contribution in [0.3, 0.4) is 0 Å². The molecule has 2 rings (SSSR count). The molecule has 1 aromatic carbocycles. The Kier molecular flexibility index (Phi) is 11.8. The monoisotopic (exact) mass is 434 g/mol. The molecule has 0 aliphatic carbocycles. The second-order valence-electron chi connectivity index (χ2n) is 7.16. The van der Waals surface area contributed by atoms with E-state index in [-0.39, 0.29) is 24.4 Å². The maximum absolute atomic E-state index is 13.2. The highest BCUT2D eigenvalue weighted by molar-refractivity contribution is 6.33. The summed E-state index contributed by atoms with van der Waals surface area (Å²) < 4.78 is 10.7. The molecular weight excluding hydrogens is 403 g/mol. The van der Waals surface area contributed by atoms with Gasteiger partial charge in [-0.25, -0.2) is 5.06 Å². The van der Waals surface area contributed by atoms with Crippen molar-refractivity contribution >= 4 is 29.9 Å². The minimum Gasteiger partial charge on any atom is -0.493 e. The van der Waals surface area contributed by atoms with Gasteiger partial charge >= 0.3 is 0 Å². The molecule has 0 radical (unpaired) electrons. The lowest BCUT2D eigenvalue weighted by molar-refractivity contribution is -0.159. The van der Waals surface area contributed by atoms with Crippen LogP contribution in [-0.2, 0) is 9.57 Å². The Morgan fingerprint density at radius 1 is 1.36 bits per heavy atom. The number of ether oxygens (including phenoxy) is 2. The van der Waals surface area contributed by atoms with E-state index in [1.807, 2.05) is 0 Å². The topological polar surface area (TPSA) is 60.0 Å². The summed E-state index contributed by atoms with van der Waals surface area (Å²) in [4.78, 5) is 19.1. The second kappa shape index (κ2) is 13.2. The number of hydroxylamine groups is 2. The molecule has 1 fully saturated rings. The van der Waals surface area contributed by atoms with Crippen LogP contribution in [0.1, 0.15) is 43.5 Å². The van der Waals surface area contributed by atoms with E-state index < -0.39 is 0 Å². The summed E-state index contributed by atoms with van der Waals surface area (Å²) >= 11 is 6.33. The summed E-state index contributed by atoms with van der Waals surface area (Å²) in [5.74, 6) is 0.712. The van der Waals surface area contributed by atoms with E-state index in [2.05, 4.69) is 19.2 Å². The third-order valence-electron chi connectivity index (χ3n) is 4.28. The van der Waals surface area contributed by atoms with Crippen LogP contribution in [0.5, 0.6) is 5.75 Å². The summed E-state index contributed by atoms with van der Waals surface area (Å²) in [5.41, 5.74) is 0.398. The number of rotatable bonds is 10. The molecule has 28 heavy (non-hydrogen) atoms. The molecule has 0 aromatic heterocycles. The van der Waals surface area contributed by atoms with Gasteiger partial charge < -0.3 is 14.8 Å². The Labute approximate surface area is 179 Å². The summed E-state index contributed by atoms with van der Waals surface area (Å²) in [6, 6.07) is 5.15. The van der Waals surface area contributed by atoms with Crippen molar-refractivity contribution in [2.24, 2.45) is 5.92 Å². The zero-order valence-electron chi connectivity index (χ0n) is 16.9. The third-order valence-corrected chi connectivity index (χ3v) is 4.61. The highest BCUT2D eigenvalue weighted by Gasteiger charge is 2.29. The predicted molar refractivity (Wildman–Crippen MR) is 114 cm³/mol. The first-order chi connectivity index (χ1) is 13.0. The molecule has 0 saturated carbocycles. The number of hydrogen-bond donors (Lipinski definition) is 1. The van der Waals surface area contributed by atoms with Crippen LogP contribution >= 0.6 is 24.0 Å². The number of methoxy groups -OCH3 is 1. The average Bonchev–Trinajstić information content (AvgIpc) is 2.67.